The van der Waals surface area contributed by atoms with Crippen molar-refractivity contribution in [1.82, 2.24) is 4.98 Å². The van der Waals surface area contributed by atoms with Gasteiger partial charge in [-0.05, 0) is 31.5 Å². The number of carbonyl (C=O) groups is 3. The topological polar surface area (TPSA) is 67.0 Å². The van der Waals surface area contributed by atoms with Crippen molar-refractivity contribution in [2.24, 2.45) is 0 Å². The lowest BCUT2D eigenvalue weighted by atomic mass is 9.97. The largest absolute Gasteiger partial charge is 0.354 e. The molecular weight excluding hydrogens is 290 g/mol. The molecule has 0 aliphatic heterocycles. The summed E-state index contributed by atoms with van der Waals surface area (Å²) in [6, 6.07) is 12.7. The summed E-state index contributed by atoms with van der Waals surface area (Å²) in [7, 11) is 0. The SMILES string of the molecule is CC(=O)c1cc(C(C)=O)c2c(C=O)c(-c3ccccc3)[nH]c2c1. The number of rotatable bonds is 4. The van der Waals surface area contributed by atoms with E-state index >= 15 is 0 Å². The van der Waals surface area contributed by atoms with Gasteiger partial charge in [0.1, 0.15) is 0 Å². The van der Waals surface area contributed by atoms with Crippen molar-refractivity contribution in [3.05, 3.63) is 59.2 Å². The van der Waals surface area contributed by atoms with Crippen LogP contribution in [0.25, 0.3) is 22.2 Å². The van der Waals surface area contributed by atoms with Crippen molar-refractivity contribution in [3.8, 4) is 11.3 Å². The Morgan fingerprint density at radius 3 is 2.26 bits per heavy atom. The number of aromatic amines is 1. The molecule has 3 rings (SSSR count). The molecule has 0 bridgehead atoms. The van der Waals surface area contributed by atoms with Gasteiger partial charge in [0.15, 0.2) is 17.9 Å². The summed E-state index contributed by atoms with van der Waals surface area (Å²) in [6.07, 6.45) is 0.751. The molecule has 0 saturated heterocycles. The molecule has 1 aromatic heterocycles. The number of hydrogen-bond acceptors (Lipinski definition) is 3. The molecule has 0 atom stereocenters. The maximum atomic E-state index is 12.0. The van der Waals surface area contributed by atoms with Gasteiger partial charge in [0.05, 0.1) is 5.69 Å². The number of carbonyl (C=O) groups excluding carboxylic acids is 3. The van der Waals surface area contributed by atoms with E-state index in [0.29, 0.717) is 33.3 Å². The Hall–Kier alpha value is -3.01. The summed E-state index contributed by atoms with van der Waals surface area (Å²) in [5.74, 6) is -0.308. The van der Waals surface area contributed by atoms with Gasteiger partial charge in [0.2, 0.25) is 0 Å². The Bertz CT molecular complexity index is 936. The van der Waals surface area contributed by atoms with E-state index in [4.69, 9.17) is 0 Å². The molecule has 3 aromatic rings. The second-order valence-corrected chi connectivity index (χ2v) is 5.46. The number of nitrogens with one attached hydrogen (secondary N) is 1. The Balaban J connectivity index is 2.42. The third-order valence-corrected chi connectivity index (χ3v) is 3.90. The highest BCUT2D eigenvalue weighted by Crippen LogP contribution is 2.32. The van der Waals surface area contributed by atoms with Gasteiger partial charge < -0.3 is 4.98 Å². The molecule has 2 aromatic carbocycles. The van der Waals surface area contributed by atoms with E-state index in [-0.39, 0.29) is 11.6 Å². The van der Waals surface area contributed by atoms with Crippen molar-refractivity contribution >= 4 is 28.8 Å². The molecule has 0 fully saturated rings. The highest BCUT2D eigenvalue weighted by molar-refractivity contribution is 6.16. The number of hydrogen-bond donors (Lipinski definition) is 1. The van der Waals surface area contributed by atoms with Gasteiger partial charge in [-0.25, -0.2) is 0 Å². The lowest BCUT2D eigenvalue weighted by molar-refractivity contribution is 0.101. The van der Waals surface area contributed by atoms with Crippen LogP contribution in [-0.4, -0.2) is 22.8 Å². The fourth-order valence-electron chi connectivity index (χ4n) is 2.79. The number of Topliss-reactive ketones (excluding diaryl/α,β-unsaturated/α-hetero) is 2. The molecule has 0 amide bonds. The minimum atomic E-state index is -0.181. The molecule has 1 heterocycles. The molecule has 4 nitrogen and oxygen atoms in total. The average molecular weight is 305 g/mol. The fraction of sp³-hybridized carbons (Fsp3) is 0.105. The van der Waals surface area contributed by atoms with E-state index in [1.807, 2.05) is 30.3 Å². The van der Waals surface area contributed by atoms with Crippen molar-refractivity contribution in [2.75, 3.05) is 0 Å². The van der Waals surface area contributed by atoms with Gasteiger partial charge in [0.25, 0.3) is 0 Å². The molecule has 1 N–H and O–H groups in total. The van der Waals surface area contributed by atoms with Crippen LogP contribution in [-0.2, 0) is 0 Å². The van der Waals surface area contributed by atoms with Gasteiger partial charge in [0, 0.05) is 27.6 Å². The van der Waals surface area contributed by atoms with Crippen LogP contribution in [0.5, 0.6) is 0 Å². The molecule has 0 spiro atoms. The van der Waals surface area contributed by atoms with Gasteiger partial charge in [-0.3, -0.25) is 14.4 Å². The van der Waals surface area contributed by atoms with Gasteiger partial charge in [-0.1, -0.05) is 30.3 Å². The monoisotopic (exact) mass is 305 g/mol. The standard InChI is InChI=1S/C19H15NO3/c1-11(22)14-8-15(12(2)23)18-16(10-21)19(20-17(18)9-14)13-6-4-3-5-7-13/h3-10,20H,1-2H3. The van der Waals surface area contributed by atoms with E-state index < -0.39 is 0 Å². The van der Waals surface area contributed by atoms with E-state index in [1.54, 1.807) is 12.1 Å². The first-order chi connectivity index (χ1) is 11.0. The first-order valence-corrected chi connectivity index (χ1v) is 7.25. The van der Waals surface area contributed by atoms with Crippen molar-refractivity contribution in [1.29, 1.82) is 0 Å². The number of H-pyrrole nitrogens is 1. The number of fused-ring (bicyclic) bond motifs is 1. The number of benzene rings is 2. The maximum absolute atomic E-state index is 12.0. The molecule has 0 saturated carbocycles. The zero-order valence-electron chi connectivity index (χ0n) is 12.8. The molecule has 23 heavy (non-hydrogen) atoms. The normalized spacial score (nSPS) is 10.7. The van der Waals surface area contributed by atoms with Gasteiger partial charge >= 0.3 is 0 Å². The van der Waals surface area contributed by atoms with Crippen LogP contribution in [0, 0.1) is 0 Å². The Morgan fingerprint density at radius 2 is 1.70 bits per heavy atom. The van der Waals surface area contributed by atoms with Crippen LogP contribution in [0.3, 0.4) is 0 Å². The van der Waals surface area contributed by atoms with Crippen LogP contribution in [0.2, 0.25) is 0 Å². The average Bonchev–Trinajstić information content (AvgIpc) is 2.92. The minimum Gasteiger partial charge on any atom is -0.354 e. The van der Waals surface area contributed by atoms with Crippen molar-refractivity contribution in [2.45, 2.75) is 13.8 Å². The van der Waals surface area contributed by atoms with E-state index in [9.17, 15) is 14.4 Å². The Morgan fingerprint density at radius 1 is 1.00 bits per heavy atom. The van der Waals surface area contributed by atoms with Crippen LogP contribution in [0.4, 0.5) is 0 Å². The predicted molar refractivity (Wildman–Crippen MR) is 89.1 cm³/mol. The van der Waals surface area contributed by atoms with Crippen molar-refractivity contribution < 1.29 is 14.4 Å². The summed E-state index contributed by atoms with van der Waals surface area (Å²) in [5.41, 5.74) is 3.38. The van der Waals surface area contributed by atoms with Gasteiger partial charge in [-0.15, -0.1) is 0 Å². The summed E-state index contributed by atoms with van der Waals surface area (Å²) in [4.78, 5) is 38.6. The third kappa shape index (κ3) is 2.48. The summed E-state index contributed by atoms with van der Waals surface area (Å²) in [6.45, 7) is 2.88. The Labute approximate surface area is 133 Å². The van der Waals surface area contributed by atoms with Crippen LogP contribution < -0.4 is 0 Å². The molecule has 4 heteroatoms. The lowest BCUT2D eigenvalue weighted by Crippen LogP contribution is -2.00. The van der Waals surface area contributed by atoms with Crippen LogP contribution in [0.15, 0.2) is 42.5 Å². The quantitative estimate of drug-likeness (QED) is 0.584. The number of aldehydes is 1. The smallest absolute Gasteiger partial charge is 0.160 e. The second kappa shape index (κ2) is 5.65. The molecule has 0 aliphatic rings. The lowest BCUT2D eigenvalue weighted by Gasteiger charge is -2.03. The summed E-state index contributed by atoms with van der Waals surface area (Å²) >= 11 is 0. The first-order valence-electron chi connectivity index (χ1n) is 7.25. The second-order valence-electron chi connectivity index (χ2n) is 5.46. The summed E-state index contributed by atoms with van der Waals surface area (Å²) in [5, 5.41) is 0.566. The fourth-order valence-corrected chi connectivity index (χ4v) is 2.79. The van der Waals surface area contributed by atoms with E-state index in [0.717, 1.165) is 11.8 Å². The van der Waals surface area contributed by atoms with Crippen LogP contribution in [0.1, 0.15) is 44.9 Å². The zero-order chi connectivity index (χ0) is 16.6. The number of ketones is 2. The summed E-state index contributed by atoms with van der Waals surface area (Å²) < 4.78 is 0. The van der Waals surface area contributed by atoms with Crippen LogP contribution >= 0.6 is 0 Å². The molecule has 0 radical (unpaired) electrons. The Kier molecular flexibility index (Phi) is 3.66. The maximum Gasteiger partial charge on any atom is 0.160 e. The molecule has 0 aliphatic carbocycles. The molecule has 114 valence electrons. The van der Waals surface area contributed by atoms with E-state index in [2.05, 4.69) is 4.98 Å². The zero-order valence-corrected chi connectivity index (χ0v) is 12.8. The van der Waals surface area contributed by atoms with Gasteiger partial charge in [-0.2, -0.15) is 0 Å². The first kappa shape index (κ1) is 14.9. The minimum absolute atomic E-state index is 0.127. The third-order valence-electron chi connectivity index (χ3n) is 3.90. The molecular formula is C19H15NO3. The van der Waals surface area contributed by atoms with Crippen molar-refractivity contribution in [3.63, 3.8) is 0 Å². The molecule has 0 unspecified atom stereocenters. The highest BCUT2D eigenvalue weighted by Gasteiger charge is 2.19. The predicted octanol–water partition coefficient (Wildman–Crippen LogP) is 4.05. The highest BCUT2D eigenvalue weighted by atomic mass is 16.1. The van der Waals surface area contributed by atoms with E-state index in [1.165, 1.54) is 13.8 Å². The number of aromatic nitrogens is 1.